The summed E-state index contributed by atoms with van der Waals surface area (Å²) in [7, 11) is 3.84. The first kappa shape index (κ1) is 14.7. The second kappa shape index (κ2) is 6.15. The molecule has 5 nitrogen and oxygen atoms in total. The summed E-state index contributed by atoms with van der Waals surface area (Å²) in [5.74, 6) is -0.0662. The molecule has 1 saturated heterocycles. The number of pyridine rings is 1. The molecule has 2 rings (SSSR count). The van der Waals surface area contributed by atoms with Crippen LogP contribution in [0.1, 0.15) is 12.0 Å². The molecule has 1 N–H and O–H groups in total. The Bertz CT molecular complexity index is 487. The normalized spacial score (nSPS) is 22.9. The largest absolute Gasteiger partial charge is 0.387 e. The molecule has 20 heavy (non-hydrogen) atoms. The van der Waals surface area contributed by atoms with Gasteiger partial charge < -0.3 is 14.9 Å². The zero-order valence-electron chi connectivity index (χ0n) is 12.0. The van der Waals surface area contributed by atoms with Crippen LogP contribution in [0.4, 0.5) is 0 Å². The minimum absolute atomic E-state index is 0.0662. The molecule has 2 heterocycles. The van der Waals surface area contributed by atoms with Crippen LogP contribution in [0.25, 0.3) is 6.08 Å². The SMILES string of the molecule is CN(C)CC1(O)CCN(C(=O)/C=C/c2cccnc2)C1. The van der Waals surface area contributed by atoms with Crippen LogP contribution in [0.2, 0.25) is 0 Å². The van der Waals surface area contributed by atoms with Crippen molar-refractivity contribution in [3.8, 4) is 0 Å². The molecule has 1 atom stereocenters. The Morgan fingerprint density at radius 3 is 3.05 bits per heavy atom. The van der Waals surface area contributed by atoms with Crippen LogP contribution in [0, 0.1) is 0 Å². The van der Waals surface area contributed by atoms with Gasteiger partial charge in [-0.25, -0.2) is 0 Å². The summed E-state index contributed by atoms with van der Waals surface area (Å²) in [6.07, 6.45) is 7.31. The minimum Gasteiger partial charge on any atom is -0.387 e. The van der Waals surface area contributed by atoms with Gasteiger partial charge in [-0.05, 0) is 38.2 Å². The quantitative estimate of drug-likeness (QED) is 0.819. The molecule has 1 unspecified atom stereocenters. The lowest BCUT2D eigenvalue weighted by Crippen LogP contribution is -2.43. The molecule has 1 fully saturated rings. The fourth-order valence-corrected chi connectivity index (χ4v) is 2.51. The van der Waals surface area contributed by atoms with Gasteiger partial charge in [-0.1, -0.05) is 6.07 Å². The molecule has 0 radical (unpaired) electrons. The third kappa shape index (κ3) is 3.88. The van der Waals surface area contributed by atoms with E-state index in [1.54, 1.807) is 29.4 Å². The molecular weight excluding hydrogens is 254 g/mol. The van der Waals surface area contributed by atoms with Crippen molar-refractivity contribution in [1.82, 2.24) is 14.8 Å². The molecule has 0 bridgehead atoms. The second-order valence-electron chi connectivity index (χ2n) is 5.59. The summed E-state index contributed by atoms with van der Waals surface area (Å²) in [5.41, 5.74) is 0.102. The average molecular weight is 275 g/mol. The van der Waals surface area contributed by atoms with E-state index < -0.39 is 5.60 Å². The molecular formula is C15H21N3O2. The maximum Gasteiger partial charge on any atom is 0.246 e. The minimum atomic E-state index is -0.790. The number of aromatic nitrogens is 1. The monoisotopic (exact) mass is 275 g/mol. The van der Waals surface area contributed by atoms with Gasteiger partial charge >= 0.3 is 0 Å². The van der Waals surface area contributed by atoms with E-state index >= 15 is 0 Å². The van der Waals surface area contributed by atoms with Gasteiger partial charge in [0.25, 0.3) is 0 Å². The van der Waals surface area contributed by atoms with Crippen LogP contribution < -0.4 is 0 Å². The number of β-amino-alcohol motifs (C(OH)–C–C–N with tert-alkyl or cyclic N) is 1. The average Bonchev–Trinajstić information content (AvgIpc) is 2.78. The topological polar surface area (TPSA) is 56.7 Å². The van der Waals surface area contributed by atoms with Crippen molar-refractivity contribution in [1.29, 1.82) is 0 Å². The van der Waals surface area contributed by atoms with Gasteiger partial charge in [0.05, 0.1) is 12.1 Å². The predicted octanol–water partition coefficient (Wildman–Crippen LogP) is 0.620. The third-order valence-electron chi connectivity index (χ3n) is 3.36. The maximum absolute atomic E-state index is 12.1. The highest BCUT2D eigenvalue weighted by atomic mass is 16.3. The lowest BCUT2D eigenvalue weighted by molar-refractivity contribution is -0.126. The van der Waals surface area contributed by atoms with Crippen LogP contribution >= 0.6 is 0 Å². The molecule has 0 spiro atoms. The van der Waals surface area contributed by atoms with Crippen LogP contribution in [0.15, 0.2) is 30.6 Å². The summed E-state index contributed by atoms with van der Waals surface area (Å²) < 4.78 is 0. The molecule has 108 valence electrons. The highest BCUT2D eigenvalue weighted by Crippen LogP contribution is 2.22. The van der Waals surface area contributed by atoms with E-state index in [9.17, 15) is 9.90 Å². The standard InChI is InChI=1S/C15H21N3O2/c1-17(2)11-15(20)7-9-18(12-15)14(19)6-5-13-4-3-8-16-10-13/h3-6,8,10,20H,7,9,11-12H2,1-2H3/b6-5+. The molecule has 0 aliphatic carbocycles. The lowest BCUT2D eigenvalue weighted by Gasteiger charge is -2.26. The van der Waals surface area contributed by atoms with Crippen LogP contribution in [-0.4, -0.2) is 65.1 Å². The molecule has 5 heteroatoms. The fourth-order valence-electron chi connectivity index (χ4n) is 2.51. The summed E-state index contributed by atoms with van der Waals surface area (Å²) in [6, 6.07) is 3.72. The van der Waals surface area contributed by atoms with Crippen molar-refractivity contribution in [2.24, 2.45) is 0 Å². The molecule has 0 saturated carbocycles. The van der Waals surface area contributed by atoms with Crippen molar-refractivity contribution in [3.05, 3.63) is 36.2 Å². The maximum atomic E-state index is 12.1. The summed E-state index contributed by atoms with van der Waals surface area (Å²) >= 11 is 0. The van der Waals surface area contributed by atoms with E-state index in [4.69, 9.17) is 0 Å². The smallest absolute Gasteiger partial charge is 0.246 e. The Balaban J connectivity index is 1.93. The zero-order chi connectivity index (χ0) is 14.6. The van der Waals surface area contributed by atoms with Gasteiger partial charge in [0.15, 0.2) is 0 Å². The van der Waals surface area contributed by atoms with Crippen molar-refractivity contribution < 1.29 is 9.90 Å². The molecule has 1 aromatic heterocycles. The lowest BCUT2D eigenvalue weighted by atomic mass is 10.0. The Hall–Kier alpha value is -1.72. The number of hydrogen-bond donors (Lipinski definition) is 1. The fraction of sp³-hybridized carbons (Fsp3) is 0.467. The number of aliphatic hydroxyl groups is 1. The predicted molar refractivity (Wildman–Crippen MR) is 78.0 cm³/mol. The Kier molecular flexibility index (Phi) is 4.52. The van der Waals surface area contributed by atoms with Crippen molar-refractivity contribution in [2.45, 2.75) is 12.0 Å². The van der Waals surface area contributed by atoms with Crippen molar-refractivity contribution >= 4 is 12.0 Å². The number of rotatable bonds is 4. The zero-order valence-corrected chi connectivity index (χ0v) is 12.0. The summed E-state index contributed by atoms with van der Waals surface area (Å²) in [4.78, 5) is 19.7. The number of hydrogen-bond acceptors (Lipinski definition) is 4. The van der Waals surface area contributed by atoms with Gasteiger partial charge in [0.1, 0.15) is 0 Å². The van der Waals surface area contributed by atoms with Crippen molar-refractivity contribution in [3.63, 3.8) is 0 Å². The van der Waals surface area contributed by atoms with E-state index in [2.05, 4.69) is 4.98 Å². The number of carbonyl (C=O) groups excluding carboxylic acids is 1. The Labute approximate surface area is 119 Å². The highest BCUT2D eigenvalue weighted by molar-refractivity contribution is 5.92. The second-order valence-corrected chi connectivity index (χ2v) is 5.59. The number of amides is 1. The Morgan fingerprint density at radius 1 is 1.60 bits per heavy atom. The Morgan fingerprint density at radius 2 is 2.40 bits per heavy atom. The van der Waals surface area contributed by atoms with Crippen molar-refractivity contribution in [2.75, 3.05) is 33.7 Å². The molecule has 1 aliphatic heterocycles. The van der Waals surface area contributed by atoms with Gasteiger partial charge in [-0.2, -0.15) is 0 Å². The summed E-state index contributed by atoms with van der Waals surface area (Å²) in [5, 5.41) is 10.4. The first-order valence-corrected chi connectivity index (χ1v) is 6.73. The first-order chi connectivity index (χ1) is 9.48. The highest BCUT2D eigenvalue weighted by Gasteiger charge is 2.37. The third-order valence-corrected chi connectivity index (χ3v) is 3.36. The van der Waals surface area contributed by atoms with Gasteiger partial charge in [-0.3, -0.25) is 9.78 Å². The van der Waals surface area contributed by atoms with E-state index in [0.717, 1.165) is 5.56 Å². The van der Waals surface area contributed by atoms with E-state index in [0.29, 0.717) is 26.1 Å². The van der Waals surface area contributed by atoms with Crippen LogP contribution in [0.3, 0.4) is 0 Å². The molecule has 0 aromatic carbocycles. The van der Waals surface area contributed by atoms with Gasteiger partial charge in [0.2, 0.25) is 5.91 Å². The van der Waals surface area contributed by atoms with Gasteiger partial charge in [-0.15, -0.1) is 0 Å². The number of carbonyl (C=O) groups is 1. The van der Waals surface area contributed by atoms with E-state index in [1.807, 2.05) is 31.1 Å². The number of nitrogens with zero attached hydrogens (tertiary/aromatic N) is 3. The molecule has 1 amide bonds. The number of likely N-dealkylation sites (tertiary alicyclic amines) is 1. The van der Waals surface area contributed by atoms with Gasteiger partial charge in [0, 0.05) is 31.6 Å². The van der Waals surface area contributed by atoms with Crippen LogP contribution in [0.5, 0.6) is 0 Å². The molecule has 1 aromatic rings. The van der Waals surface area contributed by atoms with E-state index in [-0.39, 0.29) is 5.91 Å². The molecule has 1 aliphatic rings. The number of likely N-dealkylation sites (N-methyl/N-ethyl adjacent to an activating group) is 1. The van der Waals surface area contributed by atoms with E-state index in [1.165, 1.54) is 0 Å². The summed E-state index contributed by atoms with van der Waals surface area (Å²) in [6.45, 7) is 1.56. The van der Waals surface area contributed by atoms with Crippen LogP contribution in [-0.2, 0) is 4.79 Å². The first-order valence-electron chi connectivity index (χ1n) is 6.73.